The van der Waals surface area contributed by atoms with Gasteiger partial charge >= 0.3 is 6.03 Å². The van der Waals surface area contributed by atoms with Gasteiger partial charge in [0, 0.05) is 24.0 Å². The second-order valence-electron chi connectivity index (χ2n) is 7.24. The molecule has 0 saturated heterocycles. The van der Waals surface area contributed by atoms with Crippen molar-refractivity contribution in [2.75, 3.05) is 12.3 Å². The van der Waals surface area contributed by atoms with Crippen LogP contribution in [0.2, 0.25) is 0 Å². The summed E-state index contributed by atoms with van der Waals surface area (Å²) in [7, 11) is 0. The van der Waals surface area contributed by atoms with Gasteiger partial charge in [0.2, 0.25) is 5.91 Å². The predicted molar refractivity (Wildman–Crippen MR) is 127 cm³/mol. The van der Waals surface area contributed by atoms with Crippen molar-refractivity contribution in [3.05, 3.63) is 58.7 Å². The monoisotopic (exact) mass is 456 g/mol. The quantitative estimate of drug-likeness (QED) is 0.305. The maximum Gasteiger partial charge on any atom is 0.321 e. The van der Waals surface area contributed by atoms with E-state index in [1.54, 1.807) is 6.08 Å². The third kappa shape index (κ3) is 5.62. The number of urea groups is 1. The Hall–Kier alpha value is -2.91. The van der Waals surface area contributed by atoms with Crippen LogP contribution in [0.3, 0.4) is 0 Å². The molecule has 0 fully saturated rings. The van der Waals surface area contributed by atoms with Crippen LogP contribution < -0.4 is 16.2 Å². The fraction of sp³-hybridized carbons (Fsp3) is 0.273. The standard InChI is InChI=1S/C22H24N4O3S2/c1-4-10-26-20(28)18-16(15-8-6-5-7-9-15)12-30-19(18)25-22(26)31-13-17(27)24-21(29)23-11-14(2)3/h4-9,12,14H,1,10-11,13H2,2-3H3,(H2,23,24,27,29). The SMILES string of the molecule is C=CCn1c(SCC(=O)NC(=O)NCC(C)C)nc2scc(-c3ccccc3)c2c1=O. The van der Waals surface area contributed by atoms with Crippen LogP contribution in [-0.4, -0.2) is 33.8 Å². The van der Waals surface area contributed by atoms with Gasteiger partial charge in [0.25, 0.3) is 5.56 Å². The third-order valence-electron chi connectivity index (χ3n) is 4.31. The van der Waals surface area contributed by atoms with E-state index >= 15 is 0 Å². The molecule has 3 rings (SSSR count). The van der Waals surface area contributed by atoms with E-state index in [4.69, 9.17) is 0 Å². The van der Waals surface area contributed by atoms with Gasteiger partial charge < -0.3 is 5.32 Å². The minimum absolute atomic E-state index is 0.0406. The van der Waals surface area contributed by atoms with Crippen molar-refractivity contribution in [1.29, 1.82) is 0 Å². The van der Waals surface area contributed by atoms with E-state index < -0.39 is 11.9 Å². The number of fused-ring (bicyclic) bond motifs is 1. The van der Waals surface area contributed by atoms with Gasteiger partial charge in [-0.25, -0.2) is 9.78 Å². The summed E-state index contributed by atoms with van der Waals surface area (Å²) in [5.74, 6) is -0.214. The summed E-state index contributed by atoms with van der Waals surface area (Å²) < 4.78 is 1.51. The maximum atomic E-state index is 13.3. The van der Waals surface area contributed by atoms with E-state index in [1.807, 2.05) is 49.6 Å². The number of imide groups is 1. The zero-order valence-corrected chi connectivity index (χ0v) is 19.0. The highest BCUT2D eigenvalue weighted by molar-refractivity contribution is 7.99. The van der Waals surface area contributed by atoms with Crippen LogP contribution in [0.15, 0.2) is 58.3 Å². The molecule has 3 aromatic rings. The first-order valence-electron chi connectivity index (χ1n) is 9.79. The third-order valence-corrected chi connectivity index (χ3v) is 6.16. The topological polar surface area (TPSA) is 93.1 Å². The summed E-state index contributed by atoms with van der Waals surface area (Å²) in [6.45, 7) is 8.40. The number of hydrogen-bond donors (Lipinski definition) is 2. The van der Waals surface area contributed by atoms with E-state index in [-0.39, 0.29) is 23.8 Å². The normalized spacial score (nSPS) is 10.9. The number of amides is 3. The zero-order chi connectivity index (χ0) is 22.4. The van der Waals surface area contributed by atoms with Crippen molar-refractivity contribution in [3.8, 4) is 11.1 Å². The summed E-state index contributed by atoms with van der Waals surface area (Å²) in [4.78, 5) is 42.4. The van der Waals surface area contributed by atoms with E-state index in [9.17, 15) is 14.4 Å². The van der Waals surface area contributed by atoms with Crippen molar-refractivity contribution in [1.82, 2.24) is 20.2 Å². The molecule has 3 amide bonds. The first kappa shape index (κ1) is 22.8. The molecule has 0 aliphatic rings. The van der Waals surface area contributed by atoms with Crippen molar-refractivity contribution in [3.63, 3.8) is 0 Å². The van der Waals surface area contributed by atoms with Crippen molar-refractivity contribution >= 4 is 45.3 Å². The molecular weight excluding hydrogens is 432 g/mol. The number of nitrogens with one attached hydrogen (secondary N) is 2. The molecule has 0 radical (unpaired) electrons. The van der Waals surface area contributed by atoms with Crippen LogP contribution in [0.5, 0.6) is 0 Å². The predicted octanol–water partition coefficient (Wildman–Crippen LogP) is 3.88. The van der Waals surface area contributed by atoms with Gasteiger partial charge in [0.15, 0.2) is 5.16 Å². The van der Waals surface area contributed by atoms with Gasteiger partial charge in [0.1, 0.15) is 4.83 Å². The fourth-order valence-electron chi connectivity index (χ4n) is 2.87. The van der Waals surface area contributed by atoms with Crippen molar-refractivity contribution in [2.45, 2.75) is 25.5 Å². The number of thiophene rings is 1. The van der Waals surface area contributed by atoms with Crippen molar-refractivity contribution < 1.29 is 9.59 Å². The molecule has 0 atom stereocenters. The molecular formula is C22H24N4O3S2. The largest absolute Gasteiger partial charge is 0.338 e. The molecule has 2 aromatic heterocycles. The van der Waals surface area contributed by atoms with Gasteiger partial charge in [-0.2, -0.15) is 0 Å². The number of benzene rings is 1. The number of thioether (sulfide) groups is 1. The second-order valence-corrected chi connectivity index (χ2v) is 9.04. The van der Waals surface area contributed by atoms with Crippen molar-refractivity contribution in [2.24, 2.45) is 5.92 Å². The lowest BCUT2D eigenvalue weighted by molar-refractivity contribution is -0.117. The lowest BCUT2D eigenvalue weighted by atomic mass is 10.1. The van der Waals surface area contributed by atoms with Crippen LogP contribution >= 0.6 is 23.1 Å². The highest BCUT2D eigenvalue weighted by Crippen LogP contribution is 2.32. The summed E-state index contributed by atoms with van der Waals surface area (Å²) in [5.41, 5.74) is 1.61. The van der Waals surface area contributed by atoms with Gasteiger partial charge in [-0.3, -0.25) is 19.5 Å². The second kappa shape index (κ2) is 10.4. The molecule has 9 heteroatoms. The van der Waals surface area contributed by atoms with Gasteiger partial charge in [0.05, 0.1) is 11.1 Å². The average Bonchev–Trinajstić information content (AvgIpc) is 3.18. The van der Waals surface area contributed by atoms with E-state index in [2.05, 4.69) is 22.2 Å². The average molecular weight is 457 g/mol. The molecule has 0 bridgehead atoms. The Morgan fingerprint density at radius 1 is 1.29 bits per heavy atom. The molecule has 0 spiro atoms. The Kier molecular flexibility index (Phi) is 7.64. The first-order chi connectivity index (χ1) is 14.9. The number of rotatable bonds is 8. The Morgan fingerprint density at radius 2 is 2.03 bits per heavy atom. The molecule has 7 nitrogen and oxygen atoms in total. The van der Waals surface area contributed by atoms with Crippen LogP contribution in [0.1, 0.15) is 13.8 Å². The summed E-state index contributed by atoms with van der Waals surface area (Å²) in [6.07, 6.45) is 1.62. The molecule has 162 valence electrons. The summed E-state index contributed by atoms with van der Waals surface area (Å²) in [5, 5.41) is 7.82. The molecule has 0 aliphatic heterocycles. The Balaban J connectivity index is 1.83. The number of carbonyl (C=O) groups excluding carboxylic acids is 2. The maximum absolute atomic E-state index is 13.3. The van der Waals surface area contributed by atoms with Gasteiger partial charge in [-0.1, -0.05) is 62.0 Å². The van der Waals surface area contributed by atoms with Crippen LogP contribution in [-0.2, 0) is 11.3 Å². The zero-order valence-electron chi connectivity index (χ0n) is 17.4. The Labute approximate surface area is 188 Å². The van der Waals surface area contributed by atoms with Crippen LogP contribution in [0.4, 0.5) is 4.79 Å². The number of carbonyl (C=O) groups is 2. The molecule has 0 aliphatic carbocycles. The smallest absolute Gasteiger partial charge is 0.321 e. The lowest BCUT2D eigenvalue weighted by Gasteiger charge is -2.11. The number of hydrogen-bond acceptors (Lipinski definition) is 6. The van der Waals surface area contributed by atoms with E-state index in [0.29, 0.717) is 21.9 Å². The molecule has 1 aromatic carbocycles. The minimum atomic E-state index is -0.531. The highest BCUT2D eigenvalue weighted by atomic mass is 32.2. The van der Waals surface area contributed by atoms with Gasteiger partial charge in [-0.15, -0.1) is 17.9 Å². The molecule has 31 heavy (non-hydrogen) atoms. The van der Waals surface area contributed by atoms with E-state index in [0.717, 1.165) is 22.9 Å². The minimum Gasteiger partial charge on any atom is -0.338 e. The lowest BCUT2D eigenvalue weighted by Crippen LogP contribution is -2.41. The van der Waals surface area contributed by atoms with Gasteiger partial charge in [-0.05, 0) is 11.5 Å². The number of aromatic nitrogens is 2. The number of allylic oxidation sites excluding steroid dienone is 1. The summed E-state index contributed by atoms with van der Waals surface area (Å²) >= 11 is 2.50. The van der Waals surface area contributed by atoms with Crippen LogP contribution in [0, 0.1) is 5.92 Å². The molecule has 0 unspecified atom stereocenters. The molecule has 0 saturated carbocycles. The fourth-order valence-corrected chi connectivity index (χ4v) is 4.67. The summed E-state index contributed by atoms with van der Waals surface area (Å²) in [6, 6.07) is 9.15. The Morgan fingerprint density at radius 3 is 2.71 bits per heavy atom. The number of nitrogens with zero attached hydrogens (tertiary/aromatic N) is 2. The molecule has 2 heterocycles. The Bertz CT molecular complexity index is 1150. The first-order valence-corrected chi connectivity index (χ1v) is 11.7. The van der Waals surface area contributed by atoms with Crippen LogP contribution in [0.25, 0.3) is 21.3 Å². The highest BCUT2D eigenvalue weighted by Gasteiger charge is 2.18. The molecule has 2 N–H and O–H groups in total. The van der Waals surface area contributed by atoms with E-state index in [1.165, 1.54) is 15.9 Å².